The summed E-state index contributed by atoms with van der Waals surface area (Å²) in [6.45, 7) is 9.82. The molecule has 25 heavy (non-hydrogen) atoms. The minimum atomic E-state index is -0.175. The van der Waals surface area contributed by atoms with Crippen LogP contribution in [0.25, 0.3) is 0 Å². The Bertz CT molecular complexity index is 644. The number of aryl methyl sites for hydroxylation is 2. The summed E-state index contributed by atoms with van der Waals surface area (Å²) in [5.41, 5.74) is 4.42. The summed E-state index contributed by atoms with van der Waals surface area (Å²) in [5, 5.41) is 14.4. The number of hydrogen-bond donors (Lipinski definition) is 1. The average Bonchev–Trinajstić information content (AvgIpc) is 2.83. The fourth-order valence-corrected chi connectivity index (χ4v) is 3.77. The number of likely N-dealkylation sites (tertiary alicyclic amines) is 1. The molecule has 5 heteroatoms. The molecular weight excluding hydrogens is 314 g/mol. The molecule has 2 rings (SSSR count). The molecule has 0 unspecified atom stereocenters. The Morgan fingerprint density at radius 3 is 2.64 bits per heavy atom. The van der Waals surface area contributed by atoms with Crippen molar-refractivity contribution in [2.45, 2.75) is 59.8 Å². The fourth-order valence-electron chi connectivity index (χ4n) is 3.77. The molecule has 1 amide bonds. The van der Waals surface area contributed by atoms with Crippen LogP contribution < -0.4 is 0 Å². The molecule has 0 saturated carbocycles. The van der Waals surface area contributed by atoms with Crippen molar-refractivity contribution in [3.05, 3.63) is 28.6 Å². The van der Waals surface area contributed by atoms with Gasteiger partial charge in [0, 0.05) is 37.7 Å². The minimum Gasteiger partial charge on any atom is -0.396 e. The highest BCUT2D eigenvalue weighted by molar-refractivity contribution is 5.76. The monoisotopic (exact) mass is 347 g/mol. The van der Waals surface area contributed by atoms with E-state index in [0.29, 0.717) is 13.0 Å². The van der Waals surface area contributed by atoms with Crippen LogP contribution in [0.3, 0.4) is 0 Å². The van der Waals surface area contributed by atoms with E-state index in [0.717, 1.165) is 43.6 Å². The largest absolute Gasteiger partial charge is 0.396 e. The van der Waals surface area contributed by atoms with Gasteiger partial charge in [-0.05, 0) is 58.9 Å². The molecule has 0 aliphatic carbocycles. The molecule has 1 saturated heterocycles. The number of carbonyl (C=O) groups excluding carboxylic acids is 1. The van der Waals surface area contributed by atoms with E-state index in [1.54, 1.807) is 0 Å². The predicted molar refractivity (Wildman–Crippen MR) is 100 cm³/mol. The molecule has 1 fully saturated rings. The van der Waals surface area contributed by atoms with Crippen LogP contribution in [-0.2, 0) is 18.3 Å². The maximum Gasteiger partial charge on any atom is 0.222 e. The summed E-state index contributed by atoms with van der Waals surface area (Å²) in [4.78, 5) is 14.7. The zero-order chi connectivity index (χ0) is 18.6. The molecule has 1 atom stereocenters. The number of nitrogens with zero attached hydrogens (tertiary/aromatic N) is 3. The first-order chi connectivity index (χ1) is 11.8. The molecule has 0 bridgehead atoms. The highest BCUT2D eigenvalue weighted by atomic mass is 16.3. The Balaban J connectivity index is 2.00. The van der Waals surface area contributed by atoms with Crippen LogP contribution in [0.1, 0.15) is 56.5 Å². The minimum absolute atomic E-state index is 0.140. The molecule has 0 aromatic carbocycles. The Kier molecular flexibility index (Phi) is 6.44. The van der Waals surface area contributed by atoms with Gasteiger partial charge in [0.05, 0.1) is 12.3 Å². The first kappa shape index (κ1) is 19.7. The number of allylic oxidation sites excluding steroid dienone is 2. The zero-order valence-corrected chi connectivity index (χ0v) is 16.4. The van der Waals surface area contributed by atoms with Crippen LogP contribution in [0.15, 0.2) is 11.6 Å². The lowest BCUT2D eigenvalue weighted by atomic mass is 9.77. The van der Waals surface area contributed by atoms with Crippen LogP contribution in [0, 0.1) is 19.3 Å². The Morgan fingerprint density at radius 1 is 1.36 bits per heavy atom. The third-order valence-corrected chi connectivity index (χ3v) is 5.54. The topological polar surface area (TPSA) is 58.4 Å². The van der Waals surface area contributed by atoms with Gasteiger partial charge in [0.1, 0.15) is 0 Å². The lowest BCUT2D eigenvalue weighted by molar-refractivity contribution is -0.135. The number of hydrogen-bond acceptors (Lipinski definition) is 3. The molecule has 140 valence electrons. The van der Waals surface area contributed by atoms with Gasteiger partial charge >= 0.3 is 0 Å². The van der Waals surface area contributed by atoms with E-state index in [2.05, 4.69) is 31.9 Å². The van der Waals surface area contributed by atoms with Crippen molar-refractivity contribution in [3.8, 4) is 0 Å². The highest BCUT2D eigenvalue weighted by Crippen LogP contribution is 2.34. The summed E-state index contributed by atoms with van der Waals surface area (Å²) in [5.74, 6) is 0.192. The number of aliphatic hydroxyl groups is 1. The zero-order valence-electron chi connectivity index (χ0n) is 16.4. The maximum absolute atomic E-state index is 12.7. The third kappa shape index (κ3) is 4.72. The predicted octanol–water partition coefficient (Wildman–Crippen LogP) is 2.93. The van der Waals surface area contributed by atoms with Gasteiger partial charge < -0.3 is 10.0 Å². The van der Waals surface area contributed by atoms with Crippen LogP contribution in [0.2, 0.25) is 0 Å². The highest BCUT2D eigenvalue weighted by Gasteiger charge is 2.35. The molecule has 1 N–H and O–H groups in total. The van der Waals surface area contributed by atoms with Gasteiger partial charge in [0.15, 0.2) is 0 Å². The Morgan fingerprint density at radius 2 is 2.08 bits per heavy atom. The smallest absolute Gasteiger partial charge is 0.222 e. The first-order valence-corrected chi connectivity index (χ1v) is 9.29. The molecule has 1 aromatic rings. The molecule has 5 nitrogen and oxygen atoms in total. The van der Waals surface area contributed by atoms with Crippen molar-refractivity contribution in [1.82, 2.24) is 14.7 Å². The van der Waals surface area contributed by atoms with Gasteiger partial charge in [-0.3, -0.25) is 9.48 Å². The van der Waals surface area contributed by atoms with Crippen LogP contribution in [-0.4, -0.2) is 45.4 Å². The maximum atomic E-state index is 12.7. The second-order valence-electron chi connectivity index (χ2n) is 7.84. The van der Waals surface area contributed by atoms with E-state index in [9.17, 15) is 9.90 Å². The molecule has 2 heterocycles. The van der Waals surface area contributed by atoms with Crippen LogP contribution in [0.5, 0.6) is 0 Å². The van der Waals surface area contributed by atoms with Crippen molar-refractivity contribution in [1.29, 1.82) is 0 Å². The van der Waals surface area contributed by atoms with E-state index in [1.807, 2.05) is 23.6 Å². The standard InChI is InChI=1S/C20H33N3O2/c1-15(2)9-11-20(14-24)10-6-12-23(13-20)19(25)8-7-18-16(3)21-22(5)17(18)4/h9,24H,6-8,10-14H2,1-5H3/t20-/m1/s1. The number of rotatable bonds is 6. The summed E-state index contributed by atoms with van der Waals surface area (Å²) < 4.78 is 1.88. The van der Waals surface area contributed by atoms with E-state index in [4.69, 9.17) is 0 Å². The lowest BCUT2D eigenvalue weighted by Crippen LogP contribution is -2.47. The fraction of sp³-hybridized carbons (Fsp3) is 0.700. The summed E-state index contributed by atoms with van der Waals surface area (Å²) in [7, 11) is 1.94. The molecule has 1 aliphatic heterocycles. The second kappa shape index (κ2) is 8.17. The Hall–Kier alpha value is -1.62. The van der Waals surface area contributed by atoms with Gasteiger partial charge in [0.2, 0.25) is 5.91 Å². The second-order valence-corrected chi connectivity index (χ2v) is 7.84. The molecular formula is C20H33N3O2. The molecule has 0 spiro atoms. The molecule has 1 aliphatic rings. The van der Waals surface area contributed by atoms with Crippen molar-refractivity contribution in [2.24, 2.45) is 12.5 Å². The summed E-state index contributed by atoms with van der Waals surface area (Å²) in [6, 6.07) is 0. The number of aliphatic hydroxyl groups excluding tert-OH is 1. The summed E-state index contributed by atoms with van der Waals surface area (Å²) in [6.07, 6.45) is 6.23. The van der Waals surface area contributed by atoms with Gasteiger partial charge in [-0.25, -0.2) is 0 Å². The van der Waals surface area contributed by atoms with Crippen molar-refractivity contribution < 1.29 is 9.90 Å². The van der Waals surface area contributed by atoms with E-state index in [-0.39, 0.29) is 17.9 Å². The number of carbonyl (C=O) groups is 1. The quantitative estimate of drug-likeness (QED) is 0.805. The average molecular weight is 348 g/mol. The summed E-state index contributed by atoms with van der Waals surface area (Å²) >= 11 is 0. The van der Waals surface area contributed by atoms with Crippen molar-refractivity contribution in [2.75, 3.05) is 19.7 Å². The van der Waals surface area contributed by atoms with Gasteiger partial charge in [-0.2, -0.15) is 5.10 Å². The van der Waals surface area contributed by atoms with Crippen LogP contribution in [0.4, 0.5) is 0 Å². The van der Waals surface area contributed by atoms with Crippen molar-refractivity contribution in [3.63, 3.8) is 0 Å². The third-order valence-electron chi connectivity index (χ3n) is 5.54. The number of aromatic nitrogens is 2. The van der Waals surface area contributed by atoms with Crippen LogP contribution >= 0.6 is 0 Å². The molecule has 0 radical (unpaired) electrons. The Labute approximate surface area is 151 Å². The van der Waals surface area contributed by atoms with Gasteiger partial charge in [-0.15, -0.1) is 0 Å². The molecule has 1 aromatic heterocycles. The first-order valence-electron chi connectivity index (χ1n) is 9.29. The number of piperidine rings is 1. The van der Waals surface area contributed by atoms with E-state index < -0.39 is 0 Å². The van der Waals surface area contributed by atoms with Gasteiger partial charge in [-0.1, -0.05) is 11.6 Å². The van der Waals surface area contributed by atoms with Crippen molar-refractivity contribution >= 4 is 5.91 Å². The SMILES string of the molecule is CC(C)=CC[C@]1(CO)CCCN(C(=O)CCc2c(C)nn(C)c2C)C1. The normalized spacial score (nSPS) is 20.6. The van der Waals surface area contributed by atoms with E-state index in [1.165, 1.54) is 11.1 Å². The number of amides is 1. The van der Waals surface area contributed by atoms with Gasteiger partial charge in [0.25, 0.3) is 0 Å². The lowest BCUT2D eigenvalue weighted by Gasteiger charge is -2.41. The van der Waals surface area contributed by atoms with E-state index >= 15 is 0 Å².